The lowest BCUT2D eigenvalue weighted by Gasteiger charge is -2.12. The Morgan fingerprint density at radius 1 is 1.39 bits per heavy atom. The van der Waals surface area contributed by atoms with Crippen LogP contribution in [0.1, 0.15) is 12.5 Å². The Morgan fingerprint density at radius 3 is 2.78 bits per heavy atom. The van der Waals surface area contributed by atoms with E-state index >= 15 is 0 Å². The predicted molar refractivity (Wildman–Crippen MR) is 89.0 cm³/mol. The second kappa shape index (κ2) is 7.47. The number of carbonyl (C=O) groups excluding carboxylic acids is 2. The first kappa shape index (κ1) is 17.3. The zero-order valence-electron chi connectivity index (χ0n) is 12.8. The Labute approximate surface area is 142 Å². The van der Waals surface area contributed by atoms with Gasteiger partial charge >= 0.3 is 6.03 Å². The number of thioether (sulfide) groups is 1. The normalized spacial score (nSPS) is 11.8. The number of nitrogens with one attached hydrogen (secondary N) is 2. The average molecular weight is 354 g/mol. The fourth-order valence-electron chi connectivity index (χ4n) is 1.70. The van der Waals surface area contributed by atoms with Gasteiger partial charge in [0.15, 0.2) is 5.16 Å². The van der Waals surface area contributed by atoms with E-state index < -0.39 is 17.2 Å². The summed E-state index contributed by atoms with van der Waals surface area (Å²) in [6.45, 7) is 3.60. The molecule has 0 radical (unpaired) electrons. The van der Waals surface area contributed by atoms with Crippen molar-refractivity contribution in [2.45, 2.75) is 24.3 Å². The molecule has 0 saturated heterocycles. The third-order valence-corrected chi connectivity index (χ3v) is 4.53. The number of urea groups is 1. The van der Waals surface area contributed by atoms with Crippen molar-refractivity contribution in [2.24, 2.45) is 0 Å². The van der Waals surface area contributed by atoms with Gasteiger partial charge in [0, 0.05) is 12.1 Å². The topological polar surface area (TPSA) is 88.9 Å². The van der Waals surface area contributed by atoms with Crippen LogP contribution in [-0.2, 0) is 4.79 Å². The van der Waals surface area contributed by atoms with E-state index in [9.17, 15) is 9.59 Å². The first-order chi connectivity index (χ1) is 10.9. The first-order valence-corrected chi connectivity index (χ1v) is 8.04. The molecular weight excluding hydrogens is 338 g/mol. The van der Waals surface area contributed by atoms with E-state index in [4.69, 9.17) is 11.6 Å². The summed E-state index contributed by atoms with van der Waals surface area (Å²) in [6, 6.07) is 5.05. The van der Waals surface area contributed by atoms with Crippen LogP contribution in [0.4, 0.5) is 4.79 Å². The van der Waals surface area contributed by atoms with Crippen LogP contribution in [0.15, 0.2) is 29.7 Å². The van der Waals surface area contributed by atoms with Gasteiger partial charge in [0.2, 0.25) is 5.91 Å². The van der Waals surface area contributed by atoms with Crippen LogP contribution in [0.5, 0.6) is 0 Å². The highest BCUT2D eigenvalue weighted by Crippen LogP contribution is 2.26. The monoisotopic (exact) mass is 353 g/mol. The van der Waals surface area contributed by atoms with Crippen molar-refractivity contribution in [3.63, 3.8) is 0 Å². The summed E-state index contributed by atoms with van der Waals surface area (Å²) in [7, 11) is 1.44. The largest absolute Gasteiger partial charge is 0.341 e. The zero-order valence-corrected chi connectivity index (χ0v) is 14.4. The van der Waals surface area contributed by atoms with Crippen molar-refractivity contribution in [1.29, 1.82) is 0 Å². The van der Waals surface area contributed by atoms with Crippen molar-refractivity contribution >= 4 is 35.3 Å². The first-order valence-electron chi connectivity index (χ1n) is 6.78. The van der Waals surface area contributed by atoms with Gasteiger partial charge in [-0.2, -0.15) is 0 Å². The second-order valence-corrected chi connectivity index (χ2v) is 6.46. The van der Waals surface area contributed by atoms with Crippen molar-refractivity contribution in [3.05, 3.63) is 35.1 Å². The maximum Gasteiger partial charge on any atom is 0.321 e. The summed E-state index contributed by atoms with van der Waals surface area (Å²) in [4.78, 5) is 23.1. The van der Waals surface area contributed by atoms with Crippen LogP contribution < -0.4 is 10.6 Å². The molecular formula is C14H16ClN5O2S. The third-order valence-electron chi connectivity index (χ3n) is 3.07. The average Bonchev–Trinajstić information content (AvgIpc) is 2.97. The molecule has 3 amide bonds. The van der Waals surface area contributed by atoms with E-state index in [1.54, 1.807) is 23.9 Å². The quantitative estimate of drug-likeness (QED) is 0.822. The number of hydrogen-bond donors (Lipinski definition) is 2. The summed E-state index contributed by atoms with van der Waals surface area (Å²) < 4.78 is 1.74. The Morgan fingerprint density at radius 2 is 2.13 bits per heavy atom. The number of imide groups is 1. The molecule has 23 heavy (non-hydrogen) atoms. The standard InChI is InChI=1S/C14H16ClN5O2S/c1-8-4-5-10(6-11(8)15)20-7-17-19-14(20)23-9(2)12(21)18-13(22)16-3/h4-7,9H,1-3H3,(H2,16,18,21,22)/t9-/m1/s1. The van der Waals surface area contributed by atoms with E-state index in [1.807, 2.05) is 19.1 Å². The van der Waals surface area contributed by atoms with Gasteiger partial charge in [-0.3, -0.25) is 14.7 Å². The van der Waals surface area contributed by atoms with Crippen LogP contribution >= 0.6 is 23.4 Å². The molecule has 2 N–H and O–H groups in total. The number of aromatic nitrogens is 3. The van der Waals surface area contributed by atoms with Gasteiger partial charge in [-0.05, 0) is 31.5 Å². The van der Waals surface area contributed by atoms with Crippen LogP contribution in [0.25, 0.3) is 5.69 Å². The van der Waals surface area contributed by atoms with Crippen molar-refractivity contribution < 1.29 is 9.59 Å². The number of nitrogens with zero attached hydrogens (tertiary/aromatic N) is 3. The number of carbonyl (C=O) groups is 2. The summed E-state index contributed by atoms with van der Waals surface area (Å²) in [5.41, 5.74) is 1.77. The number of amides is 3. The molecule has 0 unspecified atom stereocenters. The maximum absolute atomic E-state index is 11.9. The molecule has 0 aliphatic rings. The van der Waals surface area contributed by atoms with Crippen molar-refractivity contribution in [3.8, 4) is 5.69 Å². The number of benzene rings is 1. The molecule has 0 saturated carbocycles. The van der Waals surface area contributed by atoms with Gasteiger partial charge in [0.05, 0.1) is 10.9 Å². The minimum atomic E-state index is -0.547. The second-order valence-electron chi connectivity index (χ2n) is 4.75. The molecule has 7 nitrogen and oxygen atoms in total. The van der Waals surface area contributed by atoms with E-state index in [-0.39, 0.29) is 0 Å². The van der Waals surface area contributed by atoms with Crippen molar-refractivity contribution in [1.82, 2.24) is 25.4 Å². The predicted octanol–water partition coefficient (Wildman–Crippen LogP) is 2.17. The minimum absolute atomic E-state index is 0.411. The highest BCUT2D eigenvalue weighted by molar-refractivity contribution is 8.00. The Hall–Kier alpha value is -2.06. The number of hydrogen-bond acceptors (Lipinski definition) is 5. The van der Waals surface area contributed by atoms with Crippen LogP contribution in [-0.4, -0.2) is 39.0 Å². The molecule has 2 aromatic rings. The van der Waals surface area contributed by atoms with Crippen molar-refractivity contribution in [2.75, 3.05) is 7.05 Å². The molecule has 1 heterocycles. The molecule has 0 spiro atoms. The Balaban J connectivity index is 2.16. The lowest BCUT2D eigenvalue weighted by atomic mass is 10.2. The molecule has 1 aromatic carbocycles. The summed E-state index contributed by atoms with van der Waals surface area (Å²) in [5, 5.41) is 13.1. The van der Waals surface area contributed by atoms with Crippen LogP contribution in [0, 0.1) is 6.92 Å². The fraction of sp³-hybridized carbons (Fsp3) is 0.286. The van der Waals surface area contributed by atoms with Gasteiger partial charge in [0.25, 0.3) is 0 Å². The molecule has 2 rings (SSSR count). The summed E-state index contributed by atoms with van der Waals surface area (Å²) in [6.07, 6.45) is 1.55. The van der Waals surface area contributed by atoms with E-state index in [2.05, 4.69) is 20.8 Å². The highest BCUT2D eigenvalue weighted by Gasteiger charge is 2.20. The number of aryl methyl sites for hydroxylation is 1. The molecule has 1 atom stereocenters. The Kier molecular flexibility index (Phi) is 5.62. The molecule has 0 aliphatic heterocycles. The summed E-state index contributed by atoms with van der Waals surface area (Å²) in [5.74, 6) is -0.411. The molecule has 1 aromatic heterocycles. The van der Waals surface area contributed by atoms with Gasteiger partial charge in [-0.15, -0.1) is 10.2 Å². The fourth-order valence-corrected chi connectivity index (χ4v) is 2.72. The molecule has 9 heteroatoms. The molecule has 0 aliphatic carbocycles. The van der Waals surface area contributed by atoms with E-state index in [0.717, 1.165) is 11.3 Å². The van der Waals surface area contributed by atoms with Gasteiger partial charge in [-0.25, -0.2) is 4.79 Å². The van der Waals surface area contributed by atoms with Gasteiger partial charge in [0.1, 0.15) is 6.33 Å². The van der Waals surface area contributed by atoms with E-state index in [0.29, 0.717) is 10.2 Å². The molecule has 0 fully saturated rings. The molecule has 122 valence electrons. The highest BCUT2D eigenvalue weighted by atomic mass is 35.5. The maximum atomic E-state index is 11.9. The van der Waals surface area contributed by atoms with Gasteiger partial charge < -0.3 is 5.32 Å². The Bertz CT molecular complexity index is 734. The smallest absolute Gasteiger partial charge is 0.321 e. The minimum Gasteiger partial charge on any atom is -0.341 e. The number of rotatable bonds is 4. The zero-order chi connectivity index (χ0) is 17.0. The molecule has 0 bridgehead atoms. The van der Waals surface area contributed by atoms with Crippen LogP contribution in [0.3, 0.4) is 0 Å². The van der Waals surface area contributed by atoms with E-state index in [1.165, 1.54) is 18.8 Å². The van der Waals surface area contributed by atoms with Gasteiger partial charge in [-0.1, -0.05) is 29.4 Å². The third kappa shape index (κ3) is 4.23. The van der Waals surface area contributed by atoms with Crippen LogP contribution in [0.2, 0.25) is 5.02 Å². The summed E-state index contributed by atoms with van der Waals surface area (Å²) >= 11 is 7.34. The lowest BCUT2D eigenvalue weighted by molar-refractivity contribution is -0.119. The number of halogens is 1. The lowest BCUT2D eigenvalue weighted by Crippen LogP contribution is -2.41. The SMILES string of the molecule is CNC(=O)NC(=O)[C@@H](C)Sc1nncn1-c1ccc(C)c(Cl)c1.